The molecule has 6 rings (SSSR count). The largest absolute Gasteiger partial charge is 0.361 e. The van der Waals surface area contributed by atoms with Gasteiger partial charge >= 0.3 is 0 Å². The maximum Gasteiger partial charge on any atom is 0.227 e. The quantitative estimate of drug-likeness (QED) is 0.770. The first-order chi connectivity index (χ1) is 13.3. The van der Waals surface area contributed by atoms with E-state index in [9.17, 15) is 4.79 Å². The van der Waals surface area contributed by atoms with Gasteiger partial charge in [-0.3, -0.25) is 9.69 Å². The molecule has 4 heteroatoms. The number of aromatic nitrogens is 1. The molecule has 2 bridgehead atoms. The highest BCUT2D eigenvalue weighted by Crippen LogP contribution is 2.31. The van der Waals surface area contributed by atoms with Gasteiger partial charge in [-0.2, -0.15) is 0 Å². The molecule has 0 radical (unpaired) electrons. The first-order valence-corrected chi connectivity index (χ1v) is 9.89. The second kappa shape index (κ2) is 6.86. The highest BCUT2D eigenvalue weighted by atomic mass is 16.2. The highest BCUT2D eigenvalue weighted by molar-refractivity contribution is 5.81. The summed E-state index contributed by atoms with van der Waals surface area (Å²) < 4.78 is 0. The van der Waals surface area contributed by atoms with Crippen molar-refractivity contribution in [3.8, 4) is 0 Å². The number of nitrogens with zero attached hydrogens (tertiary/aromatic N) is 2. The number of rotatable bonds is 4. The number of carbonyl (C=O) groups excluding carboxylic acids is 1. The number of nitrogens with one attached hydrogen (secondary N) is 1. The van der Waals surface area contributed by atoms with Crippen LogP contribution in [0.25, 0.3) is 10.9 Å². The molecule has 2 atom stereocenters. The maximum absolute atomic E-state index is 13.0. The van der Waals surface area contributed by atoms with E-state index < -0.39 is 0 Å². The van der Waals surface area contributed by atoms with Crippen LogP contribution in [0.2, 0.25) is 0 Å². The van der Waals surface area contributed by atoms with Gasteiger partial charge < -0.3 is 9.88 Å². The van der Waals surface area contributed by atoms with Crippen molar-refractivity contribution in [3.05, 3.63) is 71.9 Å². The molecule has 4 nitrogen and oxygen atoms in total. The van der Waals surface area contributed by atoms with Crippen molar-refractivity contribution < 1.29 is 4.79 Å². The average molecular weight is 359 g/mol. The summed E-state index contributed by atoms with van der Waals surface area (Å²) in [5, 5.41) is 1.26. The summed E-state index contributed by atoms with van der Waals surface area (Å²) >= 11 is 0. The zero-order chi connectivity index (χ0) is 18.2. The minimum absolute atomic E-state index is 0.142. The van der Waals surface area contributed by atoms with Crippen LogP contribution in [0.15, 0.2) is 60.8 Å². The van der Waals surface area contributed by atoms with Gasteiger partial charge in [0.05, 0.1) is 5.92 Å². The van der Waals surface area contributed by atoms with Crippen molar-refractivity contribution >= 4 is 16.8 Å². The van der Waals surface area contributed by atoms with Crippen LogP contribution in [0.1, 0.15) is 24.0 Å². The van der Waals surface area contributed by atoms with Crippen LogP contribution in [0.5, 0.6) is 0 Å². The summed E-state index contributed by atoms with van der Waals surface area (Å²) in [6, 6.07) is 19.5. The van der Waals surface area contributed by atoms with Gasteiger partial charge in [-0.15, -0.1) is 0 Å². The van der Waals surface area contributed by atoms with Crippen LogP contribution in [0.4, 0.5) is 0 Å². The first-order valence-electron chi connectivity index (χ1n) is 9.89. The Balaban J connectivity index is 1.34. The lowest BCUT2D eigenvalue weighted by Gasteiger charge is -2.36. The topological polar surface area (TPSA) is 39.3 Å². The predicted octanol–water partition coefficient (Wildman–Crippen LogP) is 3.79. The van der Waals surface area contributed by atoms with Gasteiger partial charge in [-0.05, 0) is 47.6 Å². The van der Waals surface area contributed by atoms with Gasteiger partial charge in [0.25, 0.3) is 0 Å². The van der Waals surface area contributed by atoms with Gasteiger partial charge in [0.2, 0.25) is 5.91 Å². The Morgan fingerprint density at radius 3 is 2.70 bits per heavy atom. The van der Waals surface area contributed by atoms with E-state index in [0.717, 1.165) is 39.0 Å². The van der Waals surface area contributed by atoms with E-state index in [2.05, 4.69) is 63.3 Å². The number of fused-ring (bicyclic) bond motifs is 5. The van der Waals surface area contributed by atoms with Crippen molar-refractivity contribution in [3.63, 3.8) is 0 Å². The van der Waals surface area contributed by atoms with Gasteiger partial charge in [0.1, 0.15) is 0 Å². The third-order valence-corrected chi connectivity index (χ3v) is 6.09. The third-order valence-electron chi connectivity index (χ3n) is 6.09. The minimum atomic E-state index is 0.142. The monoisotopic (exact) mass is 359 g/mol. The van der Waals surface area contributed by atoms with Crippen LogP contribution in [0.3, 0.4) is 0 Å². The number of carbonyl (C=O) groups is 1. The normalized spacial score (nSPS) is 23.1. The molecule has 3 fully saturated rings. The average Bonchev–Trinajstić information content (AvgIpc) is 3.00. The Bertz CT molecular complexity index is 948. The molecule has 1 N–H and O–H groups in total. The summed E-state index contributed by atoms with van der Waals surface area (Å²) in [6.07, 6.45) is 4.14. The van der Waals surface area contributed by atoms with E-state index in [1.807, 2.05) is 12.3 Å². The Morgan fingerprint density at radius 1 is 0.926 bits per heavy atom. The molecule has 4 heterocycles. The number of benzene rings is 2. The molecule has 3 saturated heterocycles. The molecule has 3 aliphatic rings. The number of piperidine rings is 1. The number of aromatic amines is 1. The zero-order valence-corrected chi connectivity index (χ0v) is 15.5. The molecule has 27 heavy (non-hydrogen) atoms. The van der Waals surface area contributed by atoms with Crippen molar-refractivity contribution in [2.24, 2.45) is 5.92 Å². The van der Waals surface area contributed by atoms with Gasteiger partial charge in [0.15, 0.2) is 0 Å². The van der Waals surface area contributed by atoms with Crippen LogP contribution >= 0.6 is 0 Å². The fourth-order valence-electron chi connectivity index (χ4n) is 4.71. The lowest BCUT2D eigenvalue weighted by molar-refractivity contribution is -0.140. The Kier molecular flexibility index (Phi) is 4.21. The molecular weight excluding hydrogens is 334 g/mol. The first kappa shape index (κ1) is 16.6. The molecule has 3 aromatic rings. The summed E-state index contributed by atoms with van der Waals surface area (Å²) in [7, 11) is 0. The predicted molar refractivity (Wildman–Crippen MR) is 107 cm³/mol. The lowest BCUT2D eigenvalue weighted by atomic mass is 9.93. The van der Waals surface area contributed by atoms with Crippen molar-refractivity contribution in [2.75, 3.05) is 13.1 Å². The van der Waals surface area contributed by atoms with E-state index in [1.54, 1.807) is 0 Å². The second-order valence-corrected chi connectivity index (χ2v) is 7.97. The molecule has 1 aromatic heterocycles. The van der Waals surface area contributed by atoms with E-state index in [-0.39, 0.29) is 5.92 Å². The molecular formula is C23H25N3O. The zero-order valence-electron chi connectivity index (χ0n) is 15.5. The van der Waals surface area contributed by atoms with E-state index in [0.29, 0.717) is 11.9 Å². The van der Waals surface area contributed by atoms with Gasteiger partial charge in [0, 0.05) is 43.9 Å². The second-order valence-electron chi connectivity index (χ2n) is 7.97. The minimum Gasteiger partial charge on any atom is -0.361 e. The number of hydrogen-bond donors (Lipinski definition) is 1. The van der Waals surface area contributed by atoms with E-state index in [4.69, 9.17) is 0 Å². The highest BCUT2D eigenvalue weighted by Gasteiger charge is 2.40. The van der Waals surface area contributed by atoms with Gasteiger partial charge in [-0.25, -0.2) is 0 Å². The molecule has 3 aliphatic heterocycles. The fourth-order valence-corrected chi connectivity index (χ4v) is 4.71. The smallest absolute Gasteiger partial charge is 0.227 e. The van der Waals surface area contributed by atoms with Crippen LogP contribution in [0, 0.1) is 5.92 Å². The van der Waals surface area contributed by atoms with Crippen LogP contribution < -0.4 is 0 Å². The molecule has 0 spiro atoms. The summed E-state index contributed by atoms with van der Waals surface area (Å²) in [5.41, 5.74) is 3.73. The number of amides is 1. The fraction of sp³-hybridized carbons (Fsp3) is 0.348. The Hall–Kier alpha value is -2.59. The maximum atomic E-state index is 13.0. The van der Waals surface area contributed by atoms with Gasteiger partial charge in [-0.1, -0.05) is 36.4 Å². The third kappa shape index (κ3) is 3.26. The SMILES string of the molecule is O=C1C2CCC(CN(Cc3ccc4[nH]ccc4c3)C2)N1Cc1ccccc1. The van der Waals surface area contributed by atoms with Crippen molar-refractivity contribution in [1.82, 2.24) is 14.8 Å². The molecule has 1 amide bonds. The summed E-state index contributed by atoms with van der Waals surface area (Å²) in [6.45, 7) is 3.51. The Morgan fingerprint density at radius 2 is 1.81 bits per heavy atom. The van der Waals surface area contributed by atoms with E-state index in [1.165, 1.54) is 22.0 Å². The standard InChI is InChI=1S/C23H25N3O/c27-23-20-7-8-21(26(23)14-17-4-2-1-3-5-17)16-25(15-20)13-18-6-9-22-19(12-18)10-11-24-22/h1-6,9-12,20-21,24H,7-8,13-16H2. The van der Waals surface area contributed by atoms with Crippen molar-refractivity contribution in [2.45, 2.75) is 32.0 Å². The molecule has 2 unspecified atom stereocenters. The molecule has 0 aliphatic carbocycles. The van der Waals surface area contributed by atoms with Crippen LogP contribution in [-0.4, -0.2) is 39.8 Å². The van der Waals surface area contributed by atoms with Crippen molar-refractivity contribution in [1.29, 1.82) is 0 Å². The molecule has 0 saturated carbocycles. The van der Waals surface area contributed by atoms with E-state index >= 15 is 0 Å². The molecule has 138 valence electrons. The number of hydrogen-bond acceptors (Lipinski definition) is 2. The lowest BCUT2D eigenvalue weighted by Crippen LogP contribution is -2.47. The Labute approximate surface area is 159 Å². The summed E-state index contributed by atoms with van der Waals surface area (Å²) in [5.74, 6) is 0.488. The summed E-state index contributed by atoms with van der Waals surface area (Å²) in [4.78, 5) is 20.9. The molecule has 2 aromatic carbocycles. The van der Waals surface area contributed by atoms with Crippen LogP contribution in [-0.2, 0) is 17.9 Å². The number of H-pyrrole nitrogens is 1.